The highest BCUT2D eigenvalue weighted by Gasteiger charge is 2.31. The van der Waals surface area contributed by atoms with Gasteiger partial charge in [-0.25, -0.2) is 0 Å². The largest absolute Gasteiger partial charge is 0.481 e. The number of carboxylic acid groups (broad SMARTS) is 1. The van der Waals surface area contributed by atoms with E-state index in [-0.39, 0.29) is 17.9 Å². The summed E-state index contributed by atoms with van der Waals surface area (Å²) < 4.78 is 0. The van der Waals surface area contributed by atoms with Crippen molar-refractivity contribution in [3.05, 3.63) is 35.0 Å². The Labute approximate surface area is 126 Å². The molecule has 1 aromatic heterocycles. The second-order valence-corrected chi connectivity index (χ2v) is 5.76. The van der Waals surface area contributed by atoms with Gasteiger partial charge in [-0.2, -0.15) is 0 Å². The Morgan fingerprint density at radius 2 is 2.05 bits per heavy atom. The van der Waals surface area contributed by atoms with Crippen LogP contribution in [0.3, 0.4) is 0 Å². The minimum atomic E-state index is -0.796. The standard InChI is InChI=1S/C15H15ClN2O3/c16-12-10-3-1-2-4-11(10)18-13(12)14(19)17-9-6-5-8(7-9)15(20)21/h1-4,8-9,18H,5-7H2,(H,17,19)(H,20,21)/t8-,9+/m1/s1. The molecule has 1 amide bonds. The zero-order valence-electron chi connectivity index (χ0n) is 11.2. The molecule has 2 atom stereocenters. The maximum atomic E-state index is 12.3. The molecule has 0 radical (unpaired) electrons. The van der Waals surface area contributed by atoms with E-state index in [1.54, 1.807) is 0 Å². The van der Waals surface area contributed by atoms with Crippen molar-refractivity contribution in [1.29, 1.82) is 0 Å². The molecule has 1 fully saturated rings. The second kappa shape index (κ2) is 5.41. The molecule has 1 aliphatic rings. The van der Waals surface area contributed by atoms with Gasteiger partial charge in [0.2, 0.25) is 0 Å². The lowest BCUT2D eigenvalue weighted by atomic mass is 10.1. The number of halogens is 1. The Morgan fingerprint density at radius 1 is 1.29 bits per heavy atom. The van der Waals surface area contributed by atoms with Crippen molar-refractivity contribution in [2.24, 2.45) is 5.92 Å². The third-order valence-electron chi connectivity index (χ3n) is 3.99. The maximum Gasteiger partial charge on any atom is 0.306 e. The van der Waals surface area contributed by atoms with E-state index < -0.39 is 5.97 Å². The summed E-state index contributed by atoms with van der Waals surface area (Å²) in [6, 6.07) is 7.32. The van der Waals surface area contributed by atoms with E-state index in [0.29, 0.717) is 30.0 Å². The number of carbonyl (C=O) groups is 2. The molecule has 2 aromatic rings. The average molecular weight is 307 g/mol. The summed E-state index contributed by atoms with van der Waals surface area (Å²) in [5, 5.41) is 13.0. The molecule has 0 bridgehead atoms. The van der Waals surface area contributed by atoms with E-state index in [1.807, 2.05) is 24.3 Å². The van der Waals surface area contributed by atoms with Gasteiger partial charge in [0, 0.05) is 16.9 Å². The number of aromatic amines is 1. The number of carbonyl (C=O) groups excluding carboxylic acids is 1. The van der Waals surface area contributed by atoms with Gasteiger partial charge in [0.15, 0.2) is 0 Å². The average Bonchev–Trinajstić information content (AvgIpc) is 3.05. The number of para-hydroxylation sites is 1. The van der Waals surface area contributed by atoms with Crippen LogP contribution in [0.4, 0.5) is 0 Å². The molecule has 0 spiro atoms. The van der Waals surface area contributed by atoms with Gasteiger partial charge < -0.3 is 15.4 Å². The van der Waals surface area contributed by atoms with Crippen LogP contribution >= 0.6 is 11.6 Å². The topological polar surface area (TPSA) is 82.2 Å². The lowest BCUT2D eigenvalue weighted by molar-refractivity contribution is -0.141. The van der Waals surface area contributed by atoms with Gasteiger partial charge in [0.25, 0.3) is 5.91 Å². The minimum absolute atomic E-state index is 0.110. The molecule has 1 aromatic carbocycles. The van der Waals surface area contributed by atoms with Crippen LogP contribution < -0.4 is 5.32 Å². The van der Waals surface area contributed by atoms with Crippen molar-refractivity contribution in [1.82, 2.24) is 10.3 Å². The summed E-state index contributed by atoms with van der Waals surface area (Å²) in [5.74, 6) is -1.45. The van der Waals surface area contributed by atoms with Crippen LogP contribution in [-0.4, -0.2) is 28.0 Å². The SMILES string of the molecule is O=C(N[C@H]1CC[C@@H](C(=O)O)C1)c1[nH]c2ccccc2c1Cl. The van der Waals surface area contributed by atoms with Gasteiger partial charge in [0.1, 0.15) is 5.69 Å². The number of aromatic nitrogens is 1. The highest BCUT2D eigenvalue weighted by atomic mass is 35.5. The van der Waals surface area contributed by atoms with Crippen LogP contribution in [0.2, 0.25) is 5.02 Å². The third-order valence-corrected chi connectivity index (χ3v) is 4.38. The number of hydrogen-bond donors (Lipinski definition) is 3. The number of amides is 1. The monoisotopic (exact) mass is 306 g/mol. The van der Waals surface area contributed by atoms with Crippen LogP contribution in [0.15, 0.2) is 24.3 Å². The number of aliphatic carboxylic acids is 1. The van der Waals surface area contributed by atoms with Gasteiger partial charge in [0.05, 0.1) is 10.9 Å². The summed E-state index contributed by atoms with van der Waals surface area (Å²) in [6.07, 6.45) is 1.75. The first-order chi connectivity index (χ1) is 10.1. The van der Waals surface area contributed by atoms with E-state index in [1.165, 1.54) is 0 Å². The van der Waals surface area contributed by atoms with E-state index in [2.05, 4.69) is 10.3 Å². The van der Waals surface area contributed by atoms with Crippen LogP contribution in [-0.2, 0) is 4.79 Å². The predicted octanol–water partition coefficient (Wildman–Crippen LogP) is 2.80. The Hall–Kier alpha value is -2.01. The molecule has 3 rings (SSSR count). The number of nitrogens with one attached hydrogen (secondary N) is 2. The van der Waals surface area contributed by atoms with Crippen molar-refractivity contribution < 1.29 is 14.7 Å². The van der Waals surface area contributed by atoms with Gasteiger partial charge in [-0.05, 0) is 25.3 Å². The first-order valence-corrected chi connectivity index (χ1v) is 7.24. The molecule has 0 saturated heterocycles. The Kier molecular flexibility index (Phi) is 3.59. The first-order valence-electron chi connectivity index (χ1n) is 6.86. The highest BCUT2D eigenvalue weighted by Crippen LogP contribution is 2.29. The molecule has 6 heteroatoms. The molecule has 1 heterocycles. The van der Waals surface area contributed by atoms with E-state index in [0.717, 1.165) is 10.9 Å². The van der Waals surface area contributed by atoms with Gasteiger partial charge in [-0.15, -0.1) is 0 Å². The molecule has 110 valence electrons. The summed E-state index contributed by atoms with van der Waals surface area (Å²) in [6.45, 7) is 0. The lowest BCUT2D eigenvalue weighted by Gasteiger charge is -2.11. The molecular formula is C15H15ClN2O3. The molecular weight excluding hydrogens is 292 g/mol. The highest BCUT2D eigenvalue weighted by molar-refractivity contribution is 6.38. The number of fused-ring (bicyclic) bond motifs is 1. The summed E-state index contributed by atoms with van der Waals surface area (Å²) in [7, 11) is 0. The number of H-pyrrole nitrogens is 1. The second-order valence-electron chi connectivity index (χ2n) is 5.38. The van der Waals surface area contributed by atoms with E-state index in [9.17, 15) is 9.59 Å². The summed E-state index contributed by atoms with van der Waals surface area (Å²) in [5.41, 5.74) is 1.14. The van der Waals surface area contributed by atoms with Crippen molar-refractivity contribution in [3.63, 3.8) is 0 Å². The fourth-order valence-corrected chi connectivity index (χ4v) is 3.16. The molecule has 0 aliphatic heterocycles. The van der Waals surface area contributed by atoms with Crippen molar-refractivity contribution in [2.45, 2.75) is 25.3 Å². The third kappa shape index (κ3) is 2.61. The fourth-order valence-electron chi connectivity index (χ4n) is 2.86. The number of carboxylic acids is 1. The predicted molar refractivity (Wildman–Crippen MR) is 79.5 cm³/mol. The quantitative estimate of drug-likeness (QED) is 0.815. The van der Waals surface area contributed by atoms with Crippen LogP contribution in [0.1, 0.15) is 29.8 Å². The number of benzene rings is 1. The van der Waals surface area contributed by atoms with E-state index in [4.69, 9.17) is 16.7 Å². The molecule has 21 heavy (non-hydrogen) atoms. The Balaban J connectivity index is 1.76. The molecule has 5 nitrogen and oxygen atoms in total. The van der Waals surface area contributed by atoms with Gasteiger partial charge in [-0.1, -0.05) is 29.8 Å². The number of hydrogen-bond acceptors (Lipinski definition) is 2. The molecule has 0 unspecified atom stereocenters. The van der Waals surface area contributed by atoms with Gasteiger partial charge >= 0.3 is 5.97 Å². The van der Waals surface area contributed by atoms with Crippen LogP contribution in [0.25, 0.3) is 10.9 Å². The molecule has 1 aliphatic carbocycles. The smallest absolute Gasteiger partial charge is 0.306 e. The van der Waals surface area contributed by atoms with Crippen molar-refractivity contribution >= 4 is 34.4 Å². The van der Waals surface area contributed by atoms with Crippen LogP contribution in [0.5, 0.6) is 0 Å². The Morgan fingerprint density at radius 3 is 2.71 bits per heavy atom. The van der Waals surface area contributed by atoms with Crippen LogP contribution in [0, 0.1) is 5.92 Å². The minimum Gasteiger partial charge on any atom is -0.481 e. The van der Waals surface area contributed by atoms with E-state index >= 15 is 0 Å². The fraction of sp³-hybridized carbons (Fsp3) is 0.333. The normalized spacial score (nSPS) is 21.6. The zero-order valence-corrected chi connectivity index (χ0v) is 12.0. The van der Waals surface area contributed by atoms with Crippen molar-refractivity contribution in [3.8, 4) is 0 Å². The lowest BCUT2D eigenvalue weighted by Crippen LogP contribution is -2.33. The zero-order chi connectivity index (χ0) is 15.0. The summed E-state index contributed by atoms with van der Waals surface area (Å²) in [4.78, 5) is 26.2. The molecule has 3 N–H and O–H groups in total. The molecule has 1 saturated carbocycles. The maximum absolute atomic E-state index is 12.3. The number of rotatable bonds is 3. The first kappa shape index (κ1) is 13.9. The summed E-state index contributed by atoms with van der Waals surface area (Å²) >= 11 is 6.23. The van der Waals surface area contributed by atoms with Crippen molar-refractivity contribution in [2.75, 3.05) is 0 Å². The van der Waals surface area contributed by atoms with Gasteiger partial charge in [-0.3, -0.25) is 9.59 Å². The Bertz CT molecular complexity index is 710.